The maximum atomic E-state index is 18.3. The lowest BCUT2D eigenvalue weighted by Crippen LogP contribution is -2.70. The third-order valence-electron chi connectivity index (χ3n) is 11.6. The Bertz CT molecular complexity index is 1770. The molecule has 1 aromatic carbocycles. The number of halogens is 2. The Morgan fingerprint density at radius 1 is 1.17 bits per heavy atom. The molecule has 1 amide bonds. The number of carbonyl (C=O) groups is 2. The molecule has 2 fully saturated rings. The summed E-state index contributed by atoms with van der Waals surface area (Å²) in [7, 11) is 2.72. The molecule has 0 spiro atoms. The number of benzene rings is 1. The van der Waals surface area contributed by atoms with Gasteiger partial charge >= 0.3 is 5.97 Å². The van der Waals surface area contributed by atoms with E-state index >= 15 is 8.78 Å². The van der Waals surface area contributed by atoms with Crippen LogP contribution in [0.3, 0.4) is 0 Å². The average Bonchev–Trinajstić information content (AvgIpc) is 3.77. The third-order valence-corrected chi connectivity index (χ3v) is 11.6. The van der Waals surface area contributed by atoms with E-state index in [0.29, 0.717) is 5.69 Å². The van der Waals surface area contributed by atoms with Crippen LogP contribution in [-0.4, -0.2) is 63.4 Å². The monoisotopic (exact) mass is 633 g/mol. The van der Waals surface area contributed by atoms with Gasteiger partial charge in [0, 0.05) is 29.7 Å². The number of likely N-dealkylation sites (N-methyl/N-ethyl adjacent to an activating group) is 1. The highest BCUT2D eigenvalue weighted by Gasteiger charge is 2.78. The number of allylic oxidation sites excluding steroid dienone is 3. The van der Waals surface area contributed by atoms with Crippen molar-refractivity contribution >= 4 is 18.0 Å². The van der Waals surface area contributed by atoms with Gasteiger partial charge in [-0.3, -0.25) is 9.63 Å². The number of hydrogen-bond acceptors (Lipinski definition) is 7. The van der Waals surface area contributed by atoms with Crippen LogP contribution in [0.1, 0.15) is 55.4 Å². The topological polar surface area (TPSA) is 107 Å². The Hall–Kier alpha value is -4.09. The molecule has 46 heavy (non-hydrogen) atoms. The normalized spacial score (nSPS) is 36.0. The van der Waals surface area contributed by atoms with E-state index in [1.807, 2.05) is 30.3 Å². The minimum atomic E-state index is -2.32. The van der Waals surface area contributed by atoms with Crippen LogP contribution in [0.5, 0.6) is 0 Å². The van der Waals surface area contributed by atoms with Crippen LogP contribution in [0.15, 0.2) is 76.8 Å². The second-order valence-electron chi connectivity index (χ2n) is 13.6. The lowest BCUT2D eigenvalue weighted by molar-refractivity contribution is -0.230. The van der Waals surface area contributed by atoms with E-state index in [0.717, 1.165) is 16.3 Å². The van der Waals surface area contributed by atoms with E-state index in [-0.39, 0.29) is 30.6 Å². The van der Waals surface area contributed by atoms with E-state index in [4.69, 9.17) is 14.0 Å². The van der Waals surface area contributed by atoms with Crippen molar-refractivity contribution < 1.29 is 37.5 Å². The van der Waals surface area contributed by atoms with Crippen molar-refractivity contribution in [2.45, 2.75) is 57.4 Å². The number of furan rings is 1. The van der Waals surface area contributed by atoms with Crippen LogP contribution in [0.25, 0.3) is 11.8 Å². The lowest BCUT2D eigenvalue weighted by atomic mass is 9.45. The molecule has 1 N–H and O–H groups in total. The number of fused-ring (bicyclic) bond motifs is 6. The molecule has 4 aliphatic carbocycles. The first-order valence-electron chi connectivity index (χ1n) is 15.5. The van der Waals surface area contributed by atoms with Gasteiger partial charge in [-0.15, -0.1) is 0 Å². The van der Waals surface area contributed by atoms with Gasteiger partial charge in [0.25, 0.3) is 5.91 Å². The summed E-state index contributed by atoms with van der Waals surface area (Å²) in [5.74, 6) is -4.70. The van der Waals surface area contributed by atoms with Crippen LogP contribution < -0.4 is 0 Å². The quantitative estimate of drug-likeness (QED) is 0.286. The van der Waals surface area contributed by atoms with E-state index < -0.39 is 63.7 Å². The Morgan fingerprint density at radius 3 is 2.59 bits per heavy atom. The number of carbonyl (C=O) groups excluding carboxylic acids is 2. The molecule has 9 nitrogen and oxygen atoms in total. The first-order valence-corrected chi connectivity index (χ1v) is 15.5. The van der Waals surface area contributed by atoms with Crippen LogP contribution in [-0.2, 0) is 20.8 Å². The summed E-state index contributed by atoms with van der Waals surface area (Å²) < 4.78 is 47.9. The standard InChI is InChI=1S/C35H37F2N3O6/c1-20-14-23-24-15-26(36)25-16-27-21(19-38-40(27)22-10-7-6-8-11-22)17-32(25,2)34(24,37)29(41)18-33(23,3)35(20,31(43)39(4)44-5)46-30(42)28-12-9-13-45-28/h6-13,15-16,19-20,23-24,29,41H,14,17-18H2,1-5H3. The van der Waals surface area contributed by atoms with E-state index in [2.05, 4.69) is 5.10 Å². The van der Waals surface area contributed by atoms with Crippen molar-refractivity contribution in [3.8, 4) is 5.69 Å². The van der Waals surface area contributed by atoms with Gasteiger partial charge < -0.3 is 14.3 Å². The Kier molecular flexibility index (Phi) is 6.78. The largest absolute Gasteiger partial charge is 0.457 e. The molecule has 0 radical (unpaired) electrons. The van der Waals surface area contributed by atoms with Crippen molar-refractivity contribution in [3.05, 3.63) is 89.4 Å². The van der Waals surface area contributed by atoms with Crippen molar-refractivity contribution in [1.29, 1.82) is 0 Å². The van der Waals surface area contributed by atoms with Crippen molar-refractivity contribution in [1.82, 2.24) is 14.8 Å². The summed E-state index contributed by atoms with van der Waals surface area (Å²) in [5.41, 5.74) is -4.63. The number of aliphatic hydroxyl groups excluding tert-OH is 1. The highest BCUT2D eigenvalue weighted by molar-refractivity contribution is 5.93. The number of hydroxylamine groups is 2. The fraction of sp³-hybridized carbons (Fsp3) is 0.457. The molecule has 7 rings (SSSR count). The zero-order chi connectivity index (χ0) is 32.8. The molecule has 8 unspecified atom stereocenters. The fourth-order valence-corrected chi connectivity index (χ4v) is 9.30. The number of para-hydroxylation sites is 1. The Morgan fingerprint density at radius 2 is 1.91 bits per heavy atom. The molecule has 2 heterocycles. The van der Waals surface area contributed by atoms with Gasteiger partial charge in [-0.25, -0.2) is 23.3 Å². The average molecular weight is 634 g/mol. The van der Waals surface area contributed by atoms with Crippen LogP contribution in [0, 0.1) is 28.6 Å². The first-order chi connectivity index (χ1) is 21.8. The molecule has 242 valence electrons. The highest BCUT2D eigenvalue weighted by Crippen LogP contribution is 2.71. The number of nitrogens with zero attached hydrogens (tertiary/aromatic N) is 3. The van der Waals surface area contributed by atoms with Gasteiger partial charge in [-0.2, -0.15) is 5.10 Å². The van der Waals surface area contributed by atoms with Gasteiger partial charge in [0.2, 0.25) is 11.4 Å². The SMILES string of the molecule is CON(C)C(=O)C1(OC(=O)c2ccco2)C(C)CC2C3C=C(F)C4=Cc5c(cnn5-c5ccccc5)CC4(C)C3(F)C(O)CC21C. The summed E-state index contributed by atoms with van der Waals surface area (Å²) in [5, 5.41) is 17.6. The zero-order valence-corrected chi connectivity index (χ0v) is 26.4. The fourth-order valence-electron chi connectivity index (χ4n) is 9.30. The number of alkyl halides is 1. The maximum Gasteiger partial charge on any atom is 0.375 e. The van der Waals surface area contributed by atoms with Crippen LogP contribution in [0.4, 0.5) is 8.78 Å². The molecular weight excluding hydrogens is 596 g/mol. The summed E-state index contributed by atoms with van der Waals surface area (Å²) in [6, 6.07) is 12.4. The van der Waals surface area contributed by atoms with Gasteiger partial charge in [-0.1, -0.05) is 39.0 Å². The number of rotatable bonds is 5. The number of aliphatic hydroxyl groups is 1. The number of aromatic nitrogens is 2. The predicted octanol–water partition coefficient (Wildman–Crippen LogP) is 5.65. The van der Waals surface area contributed by atoms with Crippen molar-refractivity contribution in [3.63, 3.8) is 0 Å². The minimum Gasteiger partial charge on any atom is -0.457 e. The Balaban J connectivity index is 1.36. The van der Waals surface area contributed by atoms with Crippen molar-refractivity contribution in [2.24, 2.45) is 28.6 Å². The second kappa shape index (κ2) is 10.2. The maximum absolute atomic E-state index is 18.3. The highest BCUT2D eigenvalue weighted by atomic mass is 19.1. The molecule has 4 aliphatic rings. The van der Waals surface area contributed by atoms with Gasteiger partial charge in [0.15, 0.2) is 5.67 Å². The first kappa shape index (κ1) is 30.6. The summed E-state index contributed by atoms with van der Waals surface area (Å²) in [6.45, 7) is 5.15. The van der Waals surface area contributed by atoms with Crippen molar-refractivity contribution in [2.75, 3.05) is 14.2 Å². The molecule has 0 bridgehead atoms. The number of hydrogen-bond donors (Lipinski definition) is 1. The van der Waals surface area contributed by atoms with Gasteiger partial charge in [0.05, 0.1) is 37.1 Å². The molecular formula is C35H37F2N3O6. The molecule has 8 atom stereocenters. The number of esters is 1. The van der Waals surface area contributed by atoms with Crippen LogP contribution in [0.2, 0.25) is 0 Å². The third kappa shape index (κ3) is 3.75. The molecule has 0 aliphatic heterocycles. The number of ether oxygens (including phenoxy) is 1. The van der Waals surface area contributed by atoms with Gasteiger partial charge in [0.1, 0.15) is 5.83 Å². The smallest absolute Gasteiger partial charge is 0.375 e. The number of amides is 1. The molecule has 2 saturated carbocycles. The molecule has 11 heteroatoms. The summed E-state index contributed by atoms with van der Waals surface area (Å²) in [4.78, 5) is 32.9. The Labute approximate surface area is 265 Å². The van der Waals surface area contributed by atoms with E-state index in [9.17, 15) is 14.7 Å². The molecule has 0 saturated heterocycles. The predicted molar refractivity (Wildman–Crippen MR) is 163 cm³/mol. The second-order valence-corrected chi connectivity index (χ2v) is 13.6. The molecule has 3 aromatic rings. The summed E-state index contributed by atoms with van der Waals surface area (Å²) >= 11 is 0. The van der Waals surface area contributed by atoms with Crippen LogP contribution >= 0.6 is 0 Å². The minimum absolute atomic E-state index is 0.106. The van der Waals surface area contributed by atoms with E-state index in [1.165, 1.54) is 38.6 Å². The molecule has 2 aromatic heterocycles. The van der Waals surface area contributed by atoms with E-state index in [1.54, 1.807) is 37.7 Å². The summed E-state index contributed by atoms with van der Waals surface area (Å²) in [6.07, 6.45) is 4.37. The van der Waals surface area contributed by atoms with Gasteiger partial charge in [-0.05, 0) is 72.7 Å². The zero-order valence-electron chi connectivity index (χ0n) is 26.4. The lowest BCUT2D eigenvalue weighted by Gasteiger charge is -2.62.